The van der Waals surface area contributed by atoms with E-state index in [1.54, 1.807) is 0 Å². The maximum atomic E-state index is 12.9. The lowest BCUT2D eigenvalue weighted by Gasteiger charge is -2.26. The quantitative estimate of drug-likeness (QED) is 0.400. The Morgan fingerprint density at radius 2 is 1.71 bits per heavy atom. The molecule has 0 N–H and O–H groups in total. The molecular formula is C25H28N4OS. The van der Waals surface area contributed by atoms with Crippen LogP contribution in [0, 0.1) is 0 Å². The molecule has 0 atom stereocenters. The number of benzene rings is 2. The predicted octanol–water partition coefficient (Wildman–Crippen LogP) is 4.72. The zero-order valence-corrected chi connectivity index (χ0v) is 18.6. The van der Waals surface area contributed by atoms with Gasteiger partial charge < -0.3 is 0 Å². The number of nitrogens with zero attached hydrogens (tertiary/aromatic N) is 4. The number of thioether (sulfide) groups is 1. The van der Waals surface area contributed by atoms with E-state index in [4.69, 9.17) is 0 Å². The molecular weight excluding hydrogens is 404 g/mol. The highest BCUT2D eigenvalue weighted by Gasteiger charge is 2.20. The number of ketones is 1. The summed E-state index contributed by atoms with van der Waals surface area (Å²) in [6.45, 7) is 3.02. The Balaban J connectivity index is 1.35. The van der Waals surface area contributed by atoms with Crippen molar-refractivity contribution >= 4 is 17.5 Å². The summed E-state index contributed by atoms with van der Waals surface area (Å²) in [6, 6.07) is 16.4. The van der Waals surface area contributed by atoms with Crippen LogP contribution in [-0.4, -0.2) is 44.3 Å². The Morgan fingerprint density at radius 1 is 0.903 bits per heavy atom. The summed E-state index contributed by atoms with van der Waals surface area (Å²) >= 11 is 1.48. The summed E-state index contributed by atoms with van der Waals surface area (Å²) in [7, 11) is 0. The maximum absolute atomic E-state index is 12.9. The van der Waals surface area contributed by atoms with E-state index >= 15 is 0 Å². The summed E-state index contributed by atoms with van der Waals surface area (Å²) in [5.74, 6) is 1.47. The molecule has 3 aromatic rings. The van der Waals surface area contributed by atoms with Gasteiger partial charge in [0.2, 0.25) is 0 Å². The zero-order chi connectivity index (χ0) is 21.0. The molecule has 1 aliphatic carbocycles. The van der Waals surface area contributed by atoms with Gasteiger partial charge in [0.1, 0.15) is 0 Å². The van der Waals surface area contributed by atoms with E-state index in [-0.39, 0.29) is 5.78 Å². The molecule has 1 fully saturated rings. The Bertz CT molecular complexity index is 1060. The van der Waals surface area contributed by atoms with Crippen LogP contribution in [0.15, 0.2) is 53.7 Å². The van der Waals surface area contributed by atoms with Gasteiger partial charge in [-0.15, -0.1) is 10.2 Å². The molecule has 31 heavy (non-hydrogen) atoms. The van der Waals surface area contributed by atoms with Crippen LogP contribution in [0.3, 0.4) is 0 Å². The molecule has 6 heteroatoms. The van der Waals surface area contributed by atoms with Crippen LogP contribution in [0.1, 0.15) is 53.0 Å². The number of para-hydroxylation sites is 1. The summed E-state index contributed by atoms with van der Waals surface area (Å²) in [5, 5.41) is 9.79. The average molecular weight is 433 g/mol. The van der Waals surface area contributed by atoms with Crippen molar-refractivity contribution in [3.63, 3.8) is 0 Å². The molecule has 0 saturated carbocycles. The van der Waals surface area contributed by atoms with E-state index in [9.17, 15) is 4.79 Å². The minimum Gasteiger partial charge on any atom is -0.296 e. The van der Waals surface area contributed by atoms with Crippen LogP contribution >= 0.6 is 11.8 Å². The predicted molar refractivity (Wildman–Crippen MR) is 124 cm³/mol. The van der Waals surface area contributed by atoms with Crippen molar-refractivity contribution in [2.24, 2.45) is 0 Å². The van der Waals surface area contributed by atoms with Crippen molar-refractivity contribution in [3.8, 4) is 5.69 Å². The second-order valence-corrected chi connectivity index (χ2v) is 9.40. The standard InChI is InChI=1S/C25H28N4OS/c30-23(21-13-12-19-8-7-9-20(19)16-21)18-31-25-27-26-24(17-28-14-5-2-6-15-28)29(25)22-10-3-1-4-11-22/h1,3-4,10-13,16H,2,5-9,14-15,17-18H2. The molecule has 0 radical (unpaired) electrons. The molecule has 0 bridgehead atoms. The third-order valence-corrected chi connectivity index (χ3v) is 7.21. The molecule has 2 aromatic carbocycles. The van der Waals surface area contributed by atoms with Gasteiger partial charge in [-0.3, -0.25) is 14.3 Å². The fraction of sp³-hybridized carbons (Fsp3) is 0.400. The lowest BCUT2D eigenvalue weighted by Crippen LogP contribution is -2.30. The fourth-order valence-electron chi connectivity index (χ4n) is 4.61. The first-order valence-electron chi connectivity index (χ1n) is 11.3. The highest BCUT2D eigenvalue weighted by molar-refractivity contribution is 7.99. The van der Waals surface area contributed by atoms with Crippen molar-refractivity contribution in [2.45, 2.75) is 50.2 Å². The Morgan fingerprint density at radius 3 is 2.55 bits per heavy atom. The third-order valence-electron chi connectivity index (χ3n) is 6.28. The normalized spacial score (nSPS) is 16.4. The van der Waals surface area contributed by atoms with E-state index in [1.165, 1.54) is 48.6 Å². The first kappa shape index (κ1) is 20.5. The van der Waals surface area contributed by atoms with E-state index in [0.717, 1.165) is 54.7 Å². The highest BCUT2D eigenvalue weighted by atomic mass is 32.2. The van der Waals surface area contributed by atoms with Crippen molar-refractivity contribution in [1.82, 2.24) is 19.7 Å². The van der Waals surface area contributed by atoms with Gasteiger partial charge in [-0.25, -0.2) is 0 Å². The van der Waals surface area contributed by atoms with Gasteiger partial charge in [0.05, 0.1) is 12.3 Å². The molecule has 5 rings (SSSR count). The van der Waals surface area contributed by atoms with Gasteiger partial charge in [0, 0.05) is 11.3 Å². The average Bonchev–Trinajstić information content (AvgIpc) is 3.45. The number of rotatable bonds is 7. The zero-order valence-electron chi connectivity index (χ0n) is 17.8. The number of carbonyl (C=O) groups excluding carboxylic acids is 1. The molecule has 0 spiro atoms. The molecule has 1 aromatic heterocycles. The van der Waals surface area contributed by atoms with Crippen LogP contribution in [-0.2, 0) is 19.4 Å². The number of aryl methyl sites for hydroxylation is 2. The summed E-state index contributed by atoms with van der Waals surface area (Å²) < 4.78 is 2.12. The lowest BCUT2D eigenvalue weighted by atomic mass is 10.0. The Hall–Kier alpha value is -2.44. The minimum atomic E-state index is 0.153. The highest BCUT2D eigenvalue weighted by Crippen LogP contribution is 2.26. The van der Waals surface area contributed by atoms with Crippen molar-refractivity contribution in [3.05, 3.63) is 71.0 Å². The van der Waals surface area contributed by atoms with Crippen LogP contribution in [0.4, 0.5) is 0 Å². The summed E-state index contributed by atoms with van der Waals surface area (Å²) in [5.41, 5.74) is 4.60. The monoisotopic (exact) mass is 432 g/mol. The molecule has 2 heterocycles. The summed E-state index contributed by atoms with van der Waals surface area (Å²) in [4.78, 5) is 15.4. The molecule has 5 nitrogen and oxygen atoms in total. The van der Waals surface area contributed by atoms with Gasteiger partial charge >= 0.3 is 0 Å². The maximum Gasteiger partial charge on any atom is 0.196 e. The van der Waals surface area contributed by atoms with E-state index < -0.39 is 0 Å². The number of aromatic nitrogens is 3. The van der Waals surface area contributed by atoms with Gasteiger partial charge in [0.15, 0.2) is 16.8 Å². The van der Waals surface area contributed by atoms with Crippen LogP contribution in [0.5, 0.6) is 0 Å². The van der Waals surface area contributed by atoms with Crippen molar-refractivity contribution < 1.29 is 4.79 Å². The van der Waals surface area contributed by atoms with Crippen molar-refractivity contribution in [2.75, 3.05) is 18.8 Å². The SMILES string of the molecule is O=C(CSc1nnc(CN2CCCCC2)n1-c1ccccc1)c1ccc2c(c1)CCC2. The van der Waals surface area contributed by atoms with Gasteiger partial charge in [-0.2, -0.15) is 0 Å². The van der Waals surface area contributed by atoms with Crippen molar-refractivity contribution in [1.29, 1.82) is 0 Å². The number of hydrogen-bond acceptors (Lipinski definition) is 5. The van der Waals surface area contributed by atoms with Crippen LogP contribution < -0.4 is 0 Å². The molecule has 1 saturated heterocycles. The molecule has 160 valence electrons. The lowest BCUT2D eigenvalue weighted by molar-refractivity contribution is 0.102. The third kappa shape index (κ3) is 4.60. The van der Waals surface area contributed by atoms with Gasteiger partial charge in [0.25, 0.3) is 0 Å². The van der Waals surface area contributed by atoms with Gasteiger partial charge in [-0.1, -0.05) is 48.5 Å². The number of likely N-dealkylation sites (tertiary alicyclic amines) is 1. The largest absolute Gasteiger partial charge is 0.296 e. The topological polar surface area (TPSA) is 51.0 Å². The van der Waals surface area contributed by atoms with E-state index in [0.29, 0.717) is 5.75 Å². The number of piperidine rings is 1. The number of Topliss-reactive ketones (excluding diaryl/α,β-unsaturated/α-hetero) is 1. The second-order valence-electron chi connectivity index (χ2n) is 8.46. The first-order valence-corrected chi connectivity index (χ1v) is 12.3. The Labute approximate surface area is 187 Å². The Kier molecular flexibility index (Phi) is 6.18. The van der Waals surface area contributed by atoms with E-state index in [1.807, 2.05) is 24.3 Å². The molecule has 0 amide bonds. The first-order chi connectivity index (χ1) is 15.3. The molecule has 1 aliphatic heterocycles. The van der Waals surface area contributed by atoms with E-state index in [2.05, 4.69) is 43.9 Å². The minimum absolute atomic E-state index is 0.153. The second kappa shape index (κ2) is 9.37. The smallest absolute Gasteiger partial charge is 0.196 e. The number of hydrogen-bond donors (Lipinski definition) is 0. The summed E-state index contributed by atoms with van der Waals surface area (Å²) in [6.07, 6.45) is 7.23. The fourth-order valence-corrected chi connectivity index (χ4v) is 5.47. The van der Waals surface area contributed by atoms with Crippen LogP contribution in [0.25, 0.3) is 5.69 Å². The number of carbonyl (C=O) groups is 1. The molecule has 0 unspecified atom stereocenters. The van der Waals surface area contributed by atoms with Gasteiger partial charge in [-0.05, 0) is 74.5 Å². The number of fused-ring (bicyclic) bond motifs is 1. The molecule has 2 aliphatic rings. The van der Waals surface area contributed by atoms with Crippen LogP contribution in [0.2, 0.25) is 0 Å².